The molecule has 0 bridgehead atoms. The Labute approximate surface area is 275 Å². The van der Waals surface area contributed by atoms with Crippen LogP contribution in [-0.4, -0.2) is 115 Å². The van der Waals surface area contributed by atoms with Crippen LogP contribution in [0.25, 0.3) is 10.8 Å². The Morgan fingerprint density at radius 3 is 2.60 bits per heavy atom. The zero-order valence-corrected chi connectivity index (χ0v) is 27.4. The van der Waals surface area contributed by atoms with Crippen molar-refractivity contribution < 1.29 is 19.1 Å². The number of carbonyl (C=O) groups is 2. The number of nitrogens with zero attached hydrogens (tertiary/aromatic N) is 8. The van der Waals surface area contributed by atoms with E-state index in [0.717, 1.165) is 49.4 Å². The van der Waals surface area contributed by atoms with Crippen molar-refractivity contribution >= 4 is 34.3 Å². The van der Waals surface area contributed by atoms with Crippen LogP contribution < -0.4 is 14.5 Å². The summed E-state index contributed by atoms with van der Waals surface area (Å²) in [6.45, 7) is 6.98. The number of likely N-dealkylation sites (N-methyl/N-ethyl adjacent to an activating group) is 1. The number of methoxy groups -OCH3 is 1. The number of hydrogen-bond acceptors (Lipinski definition) is 10. The average molecular weight is 639 g/mol. The van der Waals surface area contributed by atoms with Crippen molar-refractivity contribution in [1.29, 1.82) is 5.26 Å². The predicted octanol–water partition coefficient (Wildman–Crippen LogP) is 3.36. The third-order valence-electron chi connectivity index (χ3n) is 10.2. The monoisotopic (exact) mass is 638 g/mol. The van der Waals surface area contributed by atoms with E-state index in [1.165, 1.54) is 34.0 Å². The molecule has 1 aromatic heterocycles. The van der Waals surface area contributed by atoms with Crippen molar-refractivity contribution in [3.63, 3.8) is 0 Å². The van der Waals surface area contributed by atoms with Crippen molar-refractivity contribution in [1.82, 2.24) is 24.7 Å². The summed E-state index contributed by atoms with van der Waals surface area (Å²) >= 11 is 0. The van der Waals surface area contributed by atoms with E-state index < -0.39 is 12.1 Å². The molecule has 0 aliphatic carbocycles. The number of aryl methyl sites for hydroxylation is 1. The molecule has 0 unspecified atom stereocenters. The van der Waals surface area contributed by atoms with Gasteiger partial charge in [0.25, 0.3) is 0 Å². The van der Waals surface area contributed by atoms with Crippen LogP contribution >= 0.6 is 0 Å². The summed E-state index contributed by atoms with van der Waals surface area (Å²) in [7, 11) is 3.44. The maximum absolute atomic E-state index is 13.4. The molecule has 0 radical (unpaired) electrons. The summed E-state index contributed by atoms with van der Waals surface area (Å²) in [5.41, 5.74) is 4.49. The molecule has 3 saturated heterocycles. The molecule has 3 atom stereocenters. The molecule has 0 saturated carbocycles. The van der Waals surface area contributed by atoms with Crippen LogP contribution in [0.1, 0.15) is 36.1 Å². The van der Waals surface area contributed by atoms with E-state index in [1.54, 1.807) is 4.90 Å². The minimum Gasteiger partial charge on any atom is -0.462 e. The summed E-state index contributed by atoms with van der Waals surface area (Å²) in [5, 5.41) is 12.2. The zero-order chi connectivity index (χ0) is 32.7. The second-order valence-electron chi connectivity index (χ2n) is 13.1. The number of fused-ring (bicyclic) bond motifs is 2. The number of ether oxygens (including phenoxy) is 2. The molecule has 4 aliphatic heterocycles. The first-order valence-electron chi connectivity index (χ1n) is 16.6. The molecule has 3 aromatic rings. The smallest absolute Gasteiger partial charge is 0.410 e. The van der Waals surface area contributed by atoms with Gasteiger partial charge in [0, 0.05) is 48.9 Å². The van der Waals surface area contributed by atoms with Crippen LogP contribution in [0, 0.1) is 18.3 Å². The number of nitriles is 1. The van der Waals surface area contributed by atoms with Gasteiger partial charge in [0.1, 0.15) is 18.5 Å². The lowest BCUT2D eigenvalue weighted by Gasteiger charge is -2.42. The van der Waals surface area contributed by atoms with Crippen LogP contribution in [0.5, 0.6) is 6.01 Å². The lowest BCUT2D eigenvalue weighted by Crippen LogP contribution is -2.57. The zero-order valence-electron chi connectivity index (χ0n) is 27.4. The Bertz CT molecular complexity index is 1720. The minimum absolute atomic E-state index is 0.134. The van der Waals surface area contributed by atoms with Crippen molar-refractivity contribution in [2.24, 2.45) is 0 Å². The quantitative estimate of drug-likeness (QED) is 0.357. The number of aromatic nitrogens is 2. The van der Waals surface area contributed by atoms with E-state index in [0.29, 0.717) is 51.4 Å². The maximum atomic E-state index is 13.4. The SMILES string of the molecule is COC(=O)N1C[C@@H]1C(=O)N1CCN(c2nc(OC[C@@H]3CCCN3C)nc3c2CCN(c2cccc4cccc(C)c24)C3)C[C@@H]1CC#N. The number of amides is 2. The third-order valence-corrected chi connectivity index (χ3v) is 10.2. The number of likely N-dealkylation sites (tertiary alicyclic amines) is 1. The molecule has 12 nitrogen and oxygen atoms in total. The summed E-state index contributed by atoms with van der Waals surface area (Å²) in [6, 6.07) is 15.0. The van der Waals surface area contributed by atoms with E-state index in [2.05, 4.69) is 71.1 Å². The van der Waals surface area contributed by atoms with Gasteiger partial charge in [-0.1, -0.05) is 30.3 Å². The highest BCUT2D eigenvalue weighted by atomic mass is 16.5. The molecule has 12 heteroatoms. The van der Waals surface area contributed by atoms with Gasteiger partial charge in [0.15, 0.2) is 0 Å². The molecule has 0 spiro atoms. The highest BCUT2D eigenvalue weighted by Gasteiger charge is 2.49. The van der Waals surface area contributed by atoms with Gasteiger partial charge in [-0.2, -0.15) is 15.2 Å². The van der Waals surface area contributed by atoms with Gasteiger partial charge in [0.05, 0.1) is 44.4 Å². The van der Waals surface area contributed by atoms with Gasteiger partial charge in [-0.25, -0.2) is 4.79 Å². The molecule has 4 aliphatic rings. The van der Waals surface area contributed by atoms with Crippen LogP contribution in [0.4, 0.5) is 16.3 Å². The van der Waals surface area contributed by atoms with Gasteiger partial charge in [-0.3, -0.25) is 9.69 Å². The van der Waals surface area contributed by atoms with Crippen molar-refractivity contribution in [3.05, 3.63) is 53.2 Å². The molecule has 246 valence electrons. The lowest BCUT2D eigenvalue weighted by molar-refractivity contribution is -0.134. The largest absolute Gasteiger partial charge is 0.462 e. The normalized spacial score (nSPS) is 22.6. The second-order valence-corrected chi connectivity index (χ2v) is 13.1. The number of piperazine rings is 1. The first-order chi connectivity index (χ1) is 22.9. The fraction of sp³-hybridized carbons (Fsp3) is 0.514. The lowest BCUT2D eigenvalue weighted by atomic mass is 9.99. The van der Waals surface area contributed by atoms with Gasteiger partial charge >= 0.3 is 12.1 Å². The molecule has 3 fully saturated rings. The Balaban J connectivity index is 1.18. The Hall–Kier alpha value is -4.63. The van der Waals surface area contributed by atoms with E-state index in [-0.39, 0.29) is 18.4 Å². The number of carbonyl (C=O) groups excluding carboxylic acids is 2. The molecular weight excluding hydrogens is 596 g/mol. The summed E-state index contributed by atoms with van der Waals surface area (Å²) in [4.78, 5) is 45.5. The van der Waals surface area contributed by atoms with E-state index in [1.807, 2.05) is 0 Å². The molecule has 2 amide bonds. The highest BCUT2D eigenvalue weighted by molar-refractivity contribution is 5.97. The molecule has 7 rings (SSSR count). The number of rotatable bonds is 7. The first kappa shape index (κ1) is 31.0. The van der Waals surface area contributed by atoms with Crippen LogP contribution in [0.3, 0.4) is 0 Å². The minimum atomic E-state index is -0.528. The highest BCUT2D eigenvalue weighted by Crippen LogP contribution is 2.36. The van der Waals surface area contributed by atoms with Gasteiger partial charge in [-0.05, 0) is 56.8 Å². The number of anilines is 2. The van der Waals surface area contributed by atoms with E-state index in [9.17, 15) is 14.9 Å². The Kier molecular flexibility index (Phi) is 8.49. The molecule has 0 N–H and O–H groups in total. The molecule has 47 heavy (non-hydrogen) atoms. The van der Waals surface area contributed by atoms with Gasteiger partial charge in [-0.15, -0.1) is 0 Å². The fourth-order valence-electron chi connectivity index (χ4n) is 7.53. The van der Waals surface area contributed by atoms with Crippen molar-refractivity contribution in [2.75, 3.05) is 69.8 Å². The van der Waals surface area contributed by atoms with Crippen molar-refractivity contribution in [3.8, 4) is 12.1 Å². The first-order valence-corrected chi connectivity index (χ1v) is 16.6. The standard InChI is InChI=1S/C35H42N8O4/c1-23-7-4-8-24-9-5-11-29(31(23)24)40-16-13-27-28(20-40)37-34(47-22-26-10-6-15-39(26)2)38-32(27)41-17-18-42(25(19-41)12-14-36)33(44)30-21-43(30)35(45)46-3/h4-5,7-9,11,25-26,30H,6,10,12-13,15-22H2,1-3H3/t25-,26-,30+,43?/m0/s1. The van der Waals surface area contributed by atoms with Crippen LogP contribution in [-0.2, 0) is 22.5 Å². The van der Waals surface area contributed by atoms with Gasteiger partial charge in [0.2, 0.25) is 5.91 Å². The van der Waals surface area contributed by atoms with E-state index in [4.69, 9.17) is 19.4 Å². The predicted molar refractivity (Wildman–Crippen MR) is 177 cm³/mol. The Morgan fingerprint density at radius 1 is 1.00 bits per heavy atom. The summed E-state index contributed by atoms with van der Waals surface area (Å²) in [5.74, 6) is 0.696. The fourth-order valence-corrected chi connectivity index (χ4v) is 7.53. The van der Waals surface area contributed by atoms with Gasteiger partial charge < -0.3 is 29.1 Å². The number of benzene rings is 2. The van der Waals surface area contributed by atoms with Crippen LogP contribution in [0.2, 0.25) is 0 Å². The summed E-state index contributed by atoms with van der Waals surface area (Å²) < 4.78 is 11.1. The molecule has 5 heterocycles. The Morgan fingerprint density at radius 2 is 1.83 bits per heavy atom. The number of hydrogen-bond donors (Lipinski definition) is 0. The average Bonchev–Trinajstić information content (AvgIpc) is 3.79. The van der Waals surface area contributed by atoms with E-state index >= 15 is 0 Å². The topological polar surface area (TPSA) is 118 Å². The van der Waals surface area contributed by atoms with Crippen molar-refractivity contribution in [2.45, 2.75) is 57.3 Å². The molecule has 2 aromatic carbocycles. The maximum Gasteiger partial charge on any atom is 0.410 e. The van der Waals surface area contributed by atoms with Crippen LogP contribution in [0.15, 0.2) is 36.4 Å². The molecular formula is C35H42N8O4. The summed E-state index contributed by atoms with van der Waals surface area (Å²) in [6.07, 6.45) is 2.68. The second kappa shape index (κ2) is 12.9. The third kappa shape index (κ3) is 6.00.